The van der Waals surface area contributed by atoms with Gasteiger partial charge in [0.05, 0.1) is 12.2 Å². The van der Waals surface area contributed by atoms with E-state index in [1.807, 2.05) is 61.5 Å². The minimum absolute atomic E-state index is 0.00890. The van der Waals surface area contributed by atoms with Gasteiger partial charge in [0.15, 0.2) is 12.4 Å². The van der Waals surface area contributed by atoms with Crippen LogP contribution in [0.25, 0.3) is 0 Å². The second-order valence-electron chi connectivity index (χ2n) is 7.40. The van der Waals surface area contributed by atoms with Gasteiger partial charge >= 0.3 is 5.97 Å². The fourth-order valence-corrected chi connectivity index (χ4v) is 3.48. The molecule has 10 heteroatoms. The van der Waals surface area contributed by atoms with E-state index in [1.54, 1.807) is 11.6 Å². The van der Waals surface area contributed by atoms with Gasteiger partial charge in [0, 0.05) is 5.69 Å². The van der Waals surface area contributed by atoms with Crippen molar-refractivity contribution in [2.45, 2.75) is 27.0 Å². The lowest BCUT2D eigenvalue weighted by Crippen LogP contribution is -2.12. The van der Waals surface area contributed by atoms with Crippen molar-refractivity contribution in [3.05, 3.63) is 88.0 Å². The Morgan fingerprint density at radius 3 is 2.52 bits per heavy atom. The summed E-state index contributed by atoms with van der Waals surface area (Å²) in [7, 11) is 0. The molecule has 0 saturated heterocycles. The van der Waals surface area contributed by atoms with E-state index in [-0.39, 0.29) is 35.0 Å². The number of hydrogen-bond acceptors (Lipinski definition) is 8. The van der Waals surface area contributed by atoms with E-state index < -0.39 is 5.97 Å². The molecule has 0 amide bonds. The third-order valence-electron chi connectivity index (χ3n) is 4.78. The number of aryl methyl sites for hydroxylation is 2. The summed E-state index contributed by atoms with van der Waals surface area (Å²) < 4.78 is 6.97. The number of carbonyl (C=O) groups excluding carboxylic acids is 1. The first-order valence-corrected chi connectivity index (χ1v) is 10.5. The maximum Gasteiger partial charge on any atom is 0.343 e. The van der Waals surface area contributed by atoms with Crippen molar-refractivity contribution in [2.75, 3.05) is 11.1 Å². The van der Waals surface area contributed by atoms with Crippen LogP contribution in [0.3, 0.4) is 0 Å². The van der Waals surface area contributed by atoms with Gasteiger partial charge in [-0.15, -0.1) is 0 Å². The van der Waals surface area contributed by atoms with Gasteiger partial charge in [0.1, 0.15) is 10.7 Å². The van der Waals surface area contributed by atoms with E-state index in [0.29, 0.717) is 12.2 Å². The fourth-order valence-electron chi connectivity index (χ4n) is 3.17. The SMILES string of the molecule is Cc1ccc(Cn2nc(C)c(C(=O)OCc3nc(N)nc(Nc4ccccc4)n3)c2Cl)cc1. The van der Waals surface area contributed by atoms with E-state index in [2.05, 4.69) is 25.4 Å². The number of aromatic nitrogens is 5. The first-order chi connectivity index (χ1) is 15.9. The van der Waals surface area contributed by atoms with E-state index in [0.717, 1.165) is 16.8 Å². The minimum atomic E-state index is -0.621. The van der Waals surface area contributed by atoms with Crippen LogP contribution in [0.1, 0.15) is 33.0 Å². The molecule has 2 aromatic carbocycles. The van der Waals surface area contributed by atoms with Gasteiger partial charge < -0.3 is 15.8 Å². The van der Waals surface area contributed by atoms with Crippen LogP contribution in [-0.4, -0.2) is 30.7 Å². The number of halogens is 1. The van der Waals surface area contributed by atoms with Crippen molar-refractivity contribution in [2.24, 2.45) is 0 Å². The van der Waals surface area contributed by atoms with Gasteiger partial charge in [0.25, 0.3) is 0 Å². The summed E-state index contributed by atoms with van der Waals surface area (Å²) >= 11 is 6.46. The zero-order valence-electron chi connectivity index (χ0n) is 18.1. The Morgan fingerprint density at radius 1 is 1.06 bits per heavy atom. The average Bonchev–Trinajstić information content (AvgIpc) is 3.07. The number of benzene rings is 2. The number of nitrogens with two attached hydrogens (primary N) is 1. The predicted molar refractivity (Wildman–Crippen MR) is 125 cm³/mol. The molecule has 0 atom stereocenters. The highest BCUT2D eigenvalue weighted by atomic mass is 35.5. The normalized spacial score (nSPS) is 10.8. The lowest BCUT2D eigenvalue weighted by atomic mass is 10.1. The molecule has 0 aliphatic carbocycles. The lowest BCUT2D eigenvalue weighted by Gasteiger charge is -2.08. The molecule has 2 heterocycles. The number of nitrogens with zero attached hydrogens (tertiary/aromatic N) is 5. The smallest absolute Gasteiger partial charge is 0.343 e. The Kier molecular flexibility index (Phi) is 6.50. The standard InChI is InChI=1S/C23H22ClN7O2/c1-14-8-10-16(11-9-14)12-31-20(24)19(15(2)30-31)21(32)33-13-18-27-22(25)29-23(28-18)26-17-6-4-3-5-7-17/h3-11H,12-13H2,1-2H3,(H3,25,26,27,28,29). The van der Waals surface area contributed by atoms with E-state index in [1.165, 1.54) is 0 Å². The molecule has 0 fully saturated rings. The summed E-state index contributed by atoms with van der Waals surface area (Å²) in [5.74, 6) is -0.159. The number of para-hydroxylation sites is 1. The molecule has 0 radical (unpaired) electrons. The third kappa shape index (κ3) is 5.45. The van der Waals surface area contributed by atoms with Gasteiger partial charge in [-0.1, -0.05) is 59.6 Å². The van der Waals surface area contributed by atoms with Crippen molar-refractivity contribution >= 4 is 35.2 Å². The molecule has 0 unspecified atom stereocenters. The van der Waals surface area contributed by atoms with Crippen LogP contribution in [0.4, 0.5) is 17.6 Å². The number of hydrogen-bond donors (Lipinski definition) is 2. The Balaban J connectivity index is 1.45. The monoisotopic (exact) mass is 463 g/mol. The first-order valence-electron chi connectivity index (χ1n) is 10.2. The predicted octanol–water partition coefficient (Wildman–Crippen LogP) is 4.07. The largest absolute Gasteiger partial charge is 0.454 e. The van der Waals surface area contributed by atoms with Crippen molar-refractivity contribution in [1.29, 1.82) is 0 Å². The third-order valence-corrected chi connectivity index (χ3v) is 5.17. The quantitative estimate of drug-likeness (QED) is 0.393. The van der Waals surface area contributed by atoms with Gasteiger partial charge in [-0.2, -0.15) is 20.1 Å². The van der Waals surface area contributed by atoms with Crippen LogP contribution in [0.2, 0.25) is 5.15 Å². The van der Waals surface area contributed by atoms with Gasteiger partial charge in [0.2, 0.25) is 11.9 Å². The summed E-state index contributed by atoms with van der Waals surface area (Å²) in [4.78, 5) is 25.1. The number of nitrogens with one attached hydrogen (secondary N) is 1. The highest BCUT2D eigenvalue weighted by Gasteiger charge is 2.22. The molecule has 9 nitrogen and oxygen atoms in total. The zero-order valence-corrected chi connectivity index (χ0v) is 18.9. The van der Waals surface area contributed by atoms with Crippen LogP contribution in [0.5, 0.6) is 0 Å². The zero-order chi connectivity index (χ0) is 23.4. The van der Waals surface area contributed by atoms with Crippen LogP contribution < -0.4 is 11.1 Å². The molecule has 0 aliphatic rings. The van der Waals surface area contributed by atoms with Gasteiger partial charge in [-0.3, -0.25) is 0 Å². The van der Waals surface area contributed by atoms with E-state index >= 15 is 0 Å². The Hall–Kier alpha value is -3.98. The number of esters is 1. The summed E-state index contributed by atoms with van der Waals surface area (Å²) in [5.41, 5.74) is 9.42. The Morgan fingerprint density at radius 2 is 1.79 bits per heavy atom. The van der Waals surface area contributed by atoms with Crippen molar-refractivity contribution in [1.82, 2.24) is 24.7 Å². The first kappa shape index (κ1) is 22.2. The molecule has 33 heavy (non-hydrogen) atoms. The molecular formula is C23H22ClN7O2. The highest BCUT2D eigenvalue weighted by molar-refractivity contribution is 6.32. The van der Waals surface area contributed by atoms with Crippen LogP contribution in [0, 0.1) is 13.8 Å². The second kappa shape index (κ2) is 9.66. The molecule has 4 aromatic rings. The fraction of sp³-hybridized carbons (Fsp3) is 0.174. The molecule has 0 aliphatic heterocycles. The van der Waals surface area contributed by atoms with E-state index in [9.17, 15) is 4.79 Å². The van der Waals surface area contributed by atoms with Gasteiger partial charge in [-0.05, 0) is 31.5 Å². The Bertz CT molecular complexity index is 1270. The van der Waals surface area contributed by atoms with Crippen LogP contribution >= 0.6 is 11.6 Å². The molecule has 4 rings (SSSR count). The van der Waals surface area contributed by atoms with Crippen molar-refractivity contribution in [3.63, 3.8) is 0 Å². The van der Waals surface area contributed by atoms with Crippen molar-refractivity contribution < 1.29 is 9.53 Å². The number of anilines is 3. The number of rotatable bonds is 7. The van der Waals surface area contributed by atoms with Crippen molar-refractivity contribution in [3.8, 4) is 0 Å². The summed E-state index contributed by atoms with van der Waals surface area (Å²) in [6.07, 6.45) is 0. The maximum absolute atomic E-state index is 12.8. The van der Waals surface area contributed by atoms with E-state index in [4.69, 9.17) is 22.1 Å². The molecule has 0 bridgehead atoms. The summed E-state index contributed by atoms with van der Waals surface area (Å²) in [5, 5.41) is 7.64. The average molecular weight is 464 g/mol. The minimum Gasteiger partial charge on any atom is -0.454 e. The summed E-state index contributed by atoms with van der Waals surface area (Å²) in [6.45, 7) is 3.96. The van der Waals surface area contributed by atoms with Crippen LogP contribution in [0.15, 0.2) is 54.6 Å². The lowest BCUT2D eigenvalue weighted by molar-refractivity contribution is 0.0461. The second-order valence-corrected chi connectivity index (χ2v) is 7.75. The number of nitrogen functional groups attached to an aromatic ring is 1. The molecule has 0 saturated carbocycles. The highest BCUT2D eigenvalue weighted by Crippen LogP contribution is 2.22. The molecule has 0 spiro atoms. The maximum atomic E-state index is 12.8. The Labute approximate surface area is 195 Å². The molecule has 2 aromatic heterocycles. The molecule has 3 N–H and O–H groups in total. The summed E-state index contributed by atoms with van der Waals surface area (Å²) in [6, 6.07) is 17.4. The topological polar surface area (TPSA) is 121 Å². The number of ether oxygens (including phenoxy) is 1. The molecular weight excluding hydrogens is 442 g/mol. The number of carbonyl (C=O) groups is 1. The van der Waals surface area contributed by atoms with Crippen LogP contribution in [-0.2, 0) is 17.9 Å². The molecule has 168 valence electrons. The van der Waals surface area contributed by atoms with Gasteiger partial charge in [-0.25, -0.2) is 9.48 Å².